The highest BCUT2D eigenvalue weighted by molar-refractivity contribution is 9.10. The Morgan fingerprint density at radius 3 is 2.67 bits per heavy atom. The molecule has 0 amide bonds. The topological polar surface area (TPSA) is 85.8 Å². The molecule has 3 heterocycles. The lowest BCUT2D eigenvalue weighted by Crippen LogP contribution is -2.36. The van der Waals surface area contributed by atoms with Crippen LogP contribution < -0.4 is 10.6 Å². The number of alkyl halides is 3. The molecule has 1 aliphatic heterocycles. The van der Waals surface area contributed by atoms with Crippen molar-refractivity contribution in [3.63, 3.8) is 0 Å². The normalized spacial score (nSPS) is 15.1. The predicted octanol–water partition coefficient (Wildman–Crippen LogP) is 1.45. The van der Waals surface area contributed by atoms with Crippen molar-refractivity contribution in [3.8, 4) is 0 Å². The van der Waals surface area contributed by atoms with Crippen LogP contribution in [0.15, 0.2) is 10.8 Å². The molecule has 0 unspecified atom stereocenters. The van der Waals surface area contributed by atoms with Crippen LogP contribution in [0, 0.1) is 0 Å². The van der Waals surface area contributed by atoms with E-state index in [4.69, 9.17) is 5.73 Å². The first-order valence-corrected chi connectivity index (χ1v) is 6.67. The summed E-state index contributed by atoms with van der Waals surface area (Å²) in [6, 6.07) is 0. The van der Waals surface area contributed by atoms with E-state index in [9.17, 15) is 13.2 Å². The van der Waals surface area contributed by atoms with Gasteiger partial charge in [-0.05, 0) is 15.9 Å². The predicted molar refractivity (Wildman–Crippen MR) is 70.2 cm³/mol. The Bertz CT molecular complexity index is 684. The van der Waals surface area contributed by atoms with Crippen LogP contribution in [0.5, 0.6) is 0 Å². The molecule has 2 aromatic rings. The molecule has 0 saturated carbocycles. The van der Waals surface area contributed by atoms with Gasteiger partial charge in [0.1, 0.15) is 22.4 Å². The van der Waals surface area contributed by atoms with E-state index in [0.29, 0.717) is 16.8 Å². The maximum atomic E-state index is 12.8. The quantitative estimate of drug-likeness (QED) is 0.825. The molecule has 0 fully saturated rings. The third-order valence-electron chi connectivity index (χ3n) is 3.10. The smallest absolute Gasteiger partial charge is 0.383 e. The van der Waals surface area contributed by atoms with Gasteiger partial charge in [-0.15, -0.1) is 10.2 Å². The largest absolute Gasteiger partial charge is 0.451 e. The van der Waals surface area contributed by atoms with Crippen molar-refractivity contribution in [1.82, 2.24) is 24.7 Å². The molecular formula is C10H9BrF3N7. The number of halogens is 4. The van der Waals surface area contributed by atoms with E-state index >= 15 is 0 Å². The Balaban J connectivity index is 1.92. The molecule has 0 radical (unpaired) electrons. The molecule has 0 aromatic carbocycles. The van der Waals surface area contributed by atoms with E-state index in [-0.39, 0.29) is 24.7 Å². The highest BCUT2D eigenvalue weighted by Crippen LogP contribution is 2.32. The fourth-order valence-electron chi connectivity index (χ4n) is 2.14. The Labute approximate surface area is 125 Å². The standard InChI is InChI=1S/C10H9BrF3N7/c11-6-7(15)16-4-17-8(6)20-1-2-21-5(3-20)18-19-9(21)10(12,13)14/h4H,1-3H2,(H2,15,16,17). The van der Waals surface area contributed by atoms with Gasteiger partial charge in [0.05, 0.1) is 6.54 Å². The van der Waals surface area contributed by atoms with Gasteiger partial charge in [-0.25, -0.2) is 9.97 Å². The molecule has 3 rings (SSSR count). The molecule has 0 atom stereocenters. The van der Waals surface area contributed by atoms with Gasteiger partial charge in [0.15, 0.2) is 5.82 Å². The van der Waals surface area contributed by atoms with Crippen molar-refractivity contribution < 1.29 is 13.2 Å². The second-order valence-corrected chi connectivity index (χ2v) is 5.20. The summed E-state index contributed by atoms with van der Waals surface area (Å²) in [4.78, 5) is 9.70. The SMILES string of the molecule is Nc1ncnc(N2CCn3c(nnc3C(F)(F)F)C2)c1Br. The molecule has 0 aliphatic carbocycles. The molecule has 112 valence electrons. The van der Waals surface area contributed by atoms with Crippen LogP contribution in [0.2, 0.25) is 0 Å². The number of aromatic nitrogens is 5. The molecule has 1 aliphatic rings. The first kappa shape index (κ1) is 14.0. The number of fused-ring (bicyclic) bond motifs is 1. The molecule has 2 aromatic heterocycles. The highest BCUT2D eigenvalue weighted by atomic mass is 79.9. The highest BCUT2D eigenvalue weighted by Gasteiger charge is 2.39. The van der Waals surface area contributed by atoms with Crippen molar-refractivity contribution in [1.29, 1.82) is 0 Å². The van der Waals surface area contributed by atoms with Crippen LogP contribution in [0.3, 0.4) is 0 Å². The number of anilines is 2. The average molecular weight is 364 g/mol. The van der Waals surface area contributed by atoms with Crippen molar-refractivity contribution >= 4 is 27.6 Å². The molecule has 0 spiro atoms. The number of nitrogens with two attached hydrogens (primary N) is 1. The number of hydrogen-bond donors (Lipinski definition) is 1. The van der Waals surface area contributed by atoms with Crippen LogP contribution in [-0.4, -0.2) is 31.3 Å². The summed E-state index contributed by atoms with van der Waals surface area (Å²) in [5.41, 5.74) is 5.68. The first-order valence-electron chi connectivity index (χ1n) is 5.88. The fourth-order valence-corrected chi connectivity index (χ4v) is 2.60. The van der Waals surface area contributed by atoms with E-state index in [1.807, 2.05) is 0 Å². The maximum Gasteiger partial charge on any atom is 0.451 e. The van der Waals surface area contributed by atoms with Gasteiger partial charge < -0.3 is 15.2 Å². The van der Waals surface area contributed by atoms with Crippen LogP contribution in [0.4, 0.5) is 24.8 Å². The average Bonchev–Trinajstić information content (AvgIpc) is 2.84. The second kappa shape index (κ2) is 4.83. The van der Waals surface area contributed by atoms with Gasteiger partial charge in [-0.2, -0.15) is 13.2 Å². The van der Waals surface area contributed by atoms with Crippen LogP contribution in [0.1, 0.15) is 11.6 Å². The summed E-state index contributed by atoms with van der Waals surface area (Å²) in [5.74, 6) is 0.0457. The third-order valence-corrected chi connectivity index (χ3v) is 3.87. The zero-order chi connectivity index (χ0) is 15.2. The van der Waals surface area contributed by atoms with Gasteiger partial charge in [0, 0.05) is 13.1 Å². The minimum Gasteiger partial charge on any atom is -0.383 e. The zero-order valence-electron chi connectivity index (χ0n) is 10.5. The van der Waals surface area contributed by atoms with E-state index in [1.54, 1.807) is 4.90 Å². The molecule has 0 saturated heterocycles. The van der Waals surface area contributed by atoms with Crippen LogP contribution >= 0.6 is 15.9 Å². The third kappa shape index (κ3) is 2.41. The number of nitrogen functional groups attached to an aromatic ring is 1. The van der Waals surface area contributed by atoms with E-state index in [1.165, 1.54) is 6.33 Å². The van der Waals surface area contributed by atoms with Crippen molar-refractivity contribution in [2.75, 3.05) is 17.2 Å². The van der Waals surface area contributed by atoms with E-state index < -0.39 is 12.0 Å². The lowest BCUT2D eigenvalue weighted by Gasteiger charge is -2.29. The summed E-state index contributed by atoms with van der Waals surface area (Å²) in [6.45, 7) is 0.620. The lowest BCUT2D eigenvalue weighted by atomic mass is 10.3. The summed E-state index contributed by atoms with van der Waals surface area (Å²) in [7, 11) is 0. The number of hydrogen-bond acceptors (Lipinski definition) is 6. The second-order valence-electron chi connectivity index (χ2n) is 4.41. The molecule has 0 bridgehead atoms. The summed E-state index contributed by atoms with van der Waals surface area (Å²) in [5, 5.41) is 6.84. The molecule has 11 heteroatoms. The summed E-state index contributed by atoms with van der Waals surface area (Å²) < 4.78 is 39.9. The Kier molecular flexibility index (Phi) is 3.23. The Hall–Kier alpha value is -1.91. The zero-order valence-corrected chi connectivity index (χ0v) is 12.1. The van der Waals surface area contributed by atoms with Gasteiger partial charge >= 0.3 is 6.18 Å². The molecular weight excluding hydrogens is 355 g/mol. The van der Waals surface area contributed by atoms with Crippen molar-refractivity contribution in [2.45, 2.75) is 19.3 Å². The van der Waals surface area contributed by atoms with Gasteiger partial charge in [0.2, 0.25) is 5.82 Å². The monoisotopic (exact) mass is 363 g/mol. The molecule has 21 heavy (non-hydrogen) atoms. The van der Waals surface area contributed by atoms with Crippen LogP contribution in [0.25, 0.3) is 0 Å². The van der Waals surface area contributed by atoms with Crippen LogP contribution in [-0.2, 0) is 19.3 Å². The Morgan fingerprint density at radius 1 is 1.19 bits per heavy atom. The Morgan fingerprint density at radius 2 is 1.95 bits per heavy atom. The minimum absolute atomic E-state index is 0.119. The summed E-state index contributed by atoms with van der Waals surface area (Å²) >= 11 is 3.28. The van der Waals surface area contributed by atoms with Gasteiger partial charge in [0.25, 0.3) is 0 Å². The molecule has 7 nitrogen and oxygen atoms in total. The van der Waals surface area contributed by atoms with Gasteiger partial charge in [-0.1, -0.05) is 0 Å². The van der Waals surface area contributed by atoms with Gasteiger partial charge in [-0.3, -0.25) is 0 Å². The van der Waals surface area contributed by atoms with E-state index in [0.717, 1.165) is 4.57 Å². The minimum atomic E-state index is -4.51. The first-order chi connectivity index (χ1) is 9.88. The molecule has 2 N–H and O–H groups in total. The fraction of sp³-hybridized carbons (Fsp3) is 0.400. The van der Waals surface area contributed by atoms with Crippen molar-refractivity contribution in [2.24, 2.45) is 0 Å². The lowest BCUT2D eigenvalue weighted by molar-refractivity contribution is -0.147. The number of nitrogens with zero attached hydrogens (tertiary/aromatic N) is 6. The maximum absolute atomic E-state index is 12.8. The van der Waals surface area contributed by atoms with Crippen molar-refractivity contribution in [3.05, 3.63) is 22.4 Å². The number of rotatable bonds is 1. The summed E-state index contributed by atoms with van der Waals surface area (Å²) in [6.07, 6.45) is -3.21. The van der Waals surface area contributed by atoms with E-state index in [2.05, 4.69) is 36.1 Å².